The van der Waals surface area contributed by atoms with E-state index in [1.165, 1.54) is 27.5 Å². The average Bonchev–Trinajstić information content (AvgIpc) is 2.71. The van der Waals surface area contributed by atoms with E-state index in [2.05, 4.69) is 26.5 Å². The van der Waals surface area contributed by atoms with Gasteiger partial charge >= 0.3 is 0 Å². The summed E-state index contributed by atoms with van der Waals surface area (Å²) in [6.45, 7) is -0.432. The van der Waals surface area contributed by atoms with Crippen molar-refractivity contribution in [3.8, 4) is 17.2 Å². The predicted molar refractivity (Wildman–Crippen MR) is 118 cm³/mol. The molecular weight excluding hydrogens is 478 g/mol. The molecule has 2 rings (SSSR count). The highest BCUT2D eigenvalue weighted by Gasteiger charge is 2.20. The van der Waals surface area contributed by atoms with E-state index in [1.54, 1.807) is 36.4 Å². The molecule has 0 aromatic heterocycles. The first-order valence-corrected chi connectivity index (χ1v) is 11.2. The number of sulfonamides is 1. The normalized spacial score (nSPS) is 11.2. The Morgan fingerprint density at radius 1 is 1.13 bits per heavy atom. The Bertz CT molecular complexity index is 1030. The molecule has 0 aliphatic rings. The van der Waals surface area contributed by atoms with Crippen LogP contribution in [0.5, 0.6) is 17.2 Å². The standard InChI is InChI=1S/C19H22BrN3O6S/c1-27-15-7-5-14(6-8-15)23(30(4,25)26)12-18(24)22-21-11-13-9-16(20)19(29-3)17(10-13)28-2/h5-11H,12H2,1-4H3,(H,22,24)/b21-11-. The predicted octanol–water partition coefficient (Wildman–Crippen LogP) is 2.39. The van der Waals surface area contributed by atoms with Gasteiger partial charge < -0.3 is 14.2 Å². The highest BCUT2D eigenvalue weighted by molar-refractivity contribution is 9.10. The summed E-state index contributed by atoms with van der Waals surface area (Å²) in [4.78, 5) is 12.3. The van der Waals surface area contributed by atoms with Crippen molar-refractivity contribution in [2.24, 2.45) is 5.10 Å². The number of hydrazone groups is 1. The lowest BCUT2D eigenvalue weighted by Gasteiger charge is -2.21. The van der Waals surface area contributed by atoms with E-state index < -0.39 is 22.5 Å². The van der Waals surface area contributed by atoms with Crippen molar-refractivity contribution in [2.75, 3.05) is 38.4 Å². The number of ether oxygens (including phenoxy) is 3. The van der Waals surface area contributed by atoms with Gasteiger partial charge in [-0.1, -0.05) is 0 Å². The number of halogens is 1. The van der Waals surface area contributed by atoms with Crippen LogP contribution in [0.2, 0.25) is 0 Å². The van der Waals surface area contributed by atoms with E-state index in [0.717, 1.165) is 10.6 Å². The number of hydrogen-bond donors (Lipinski definition) is 1. The lowest BCUT2D eigenvalue weighted by molar-refractivity contribution is -0.119. The van der Waals surface area contributed by atoms with Crippen molar-refractivity contribution < 1.29 is 27.4 Å². The molecule has 0 fully saturated rings. The number of carbonyl (C=O) groups is 1. The molecule has 2 aromatic carbocycles. The number of hydrogen-bond acceptors (Lipinski definition) is 7. The molecule has 0 bridgehead atoms. The van der Waals surface area contributed by atoms with E-state index in [-0.39, 0.29) is 0 Å². The number of methoxy groups -OCH3 is 3. The molecule has 0 aliphatic carbocycles. The Balaban J connectivity index is 2.11. The highest BCUT2D eigenvalue weighted by atomic mass is 79.9. The van der Waals surface area contributed by atoms with Gasteiger partial charge in [-0.3, -0.25) is 9.10 Å². The fourth-order valence-electron chi connectivity index (χ4n) is 2.51. The molecule has 0 radical (unpaired) electrons. The van der Waals surface area contributed by atoms with Gasteiger partial charge in [-0.25, -0.2) is 13.8 Å². The van der Waals surface area contributed by atoms with Gasteiger partial charge in [0, 0.05) is 0 Å². The Hall–Kier alpha value is -2.79. The summed E-state index contributed by atoms with van der Waals surface area (Å²) < 4.78 is 41.4. The quantitative estimate of drug-likeness (QED) is 0.419. The zero-order valence-electron chi connectivity index (χ0n) is 16.9. The molecular formula is C19H22BrN3O6S. The molecule has 0 heterocycles. The van der Waals surface area contributed by atoms with Crippen LogP contribution in [0.3, 0.4) is 0 Å². The minimum Gasteiger partial charge on any atom is -0.497 e. The van der Waals surface area contributed by atoms with Gasteiger partial charge in [0.2, 0.25) is 10.0 Å². The van der Waals surface area contributed by atoms with Crippen molar-refractivity contribution in [3.63, 3.8) is 0 Å². The van der Waals surface area contributed by atoms with Gasteiger partial charge in [0.05, 0.1) is 44.0 Å². The fourth-order valence-corrected chi connectivity index (χ4v) is 3.98. The zero-order valence-corrected chi connectivity index (χ0v) is 19.3. The molecule has 2 aromatic rings. The van der Waals surface area contributed by atoms with Crippen LogP contribution in [-0.2, 0) is 14.8 Å². The van der Waals surface area contributed by atoms with Crippen molar-refractivity contribution in [1.82, 2.24) is 5.43 Å². The van der Waals surface area contributed by atoms with Crippen LogP contribution >= 0.6 is 15.9 Å². The van der Waals surface area contributed by atoms with Crippen LogP contribution in [-0.4, -0.2) is 54.7 Å². The fraction of sp³-hybridized carbons (Fsp3) is 0.263. The monoisotopic (exact) mass is 499 g/mol. The van der Waals surface area contributed by atoms with Gasteiger partial charge in [-0.15, -0.1) is 0 Å². The van der Waals surface area contributed by atoms with Gasteiger partial charge in [-0.05, 0) is 57.9 Å². The third kappa shape index (κ3) is 6.10. The minimum atomic E-state index is -3.69. The summed E-state index contributed by atoms with van der Waals surface area (Å²) in [5.41, 5.74) is 3.29. The summed E-state index contributed by atoms with van der Waals surface area (Å²) in [6, 6.07) is 9.74. The molecule has 162 valence electrons. The smallest absolute Gasteiger partial charge is 0.260 e. The summed E-state index contributed by atoms with van der Waals surface area (Å²) in [6.07, 6.45) is 2.43. The zero-order chi connectivity index (χ0) is 22.3. The van der Waals surface area contributed by atoms with E-state index in [4.69, 9.17) is 14.2 Å². The molecule has 11 heteroatoms. The molecule has 30 heavy (non-hydrogen) atoms. The molecule has 0 spiro atoms. The molecule has 0 atom stereocenters. The molecule has 0 saturated carbocycles. The largest absolute Gasteiger partial charge is 0.497 e. The average molecular weight is 500 g/mol. The van der Waals surface area contributed by atoms with Crippen molar-refractivity contribution in [1.29, 1.82) is 0 Å². The van der Waals surface area contributed by atoms with E-state index in [1.807, 2.05) is 0 Å². The third-order valence-electron chi connectivity index (χ3n) is 3.91. The first kappa shape index (κ1) is 23.5. The highest BCUT2D eigenvalue weighted by Crippen LogP contribution is 2.35. The summed E-state index contributed by atoms with van der Waals surface area (Å²) >= 11 is 3.37. The molecule has 9 nitrogen and oxygen atoms in total. The van der Waals surface area contributed by atoms with E-state index in [9.17, 15) is 13.2 Å². The summed E-state index contributed by atoms with van der Waals surface area (Å²) in [7, 11) is 0.843. The molecule has 1 N–H and O–H groups in total. The Morgan fingerprint density at radius 2 is 1.80 bits per heavy atom. The Kier molecular flexibility index (Phi) is 8.07. The van der Waals surface area contributed by atoms with Gasteiger partial charge in [0.25, 0.3) is 5.91 Å². The Morgan fingerprint density at radius 3 is 2.33 bits per heavy atom. The Labute approximate surface area is 183 Å². The number of benzene rings is 2. The maximum absolute atomic E-state index is 12.3. The van der Waals surface area contributed by atoms with Crippen molar-refractivity contribution in [2.45, 2.75) is 0 Å². The van der Waals surface area contributed by atoms with E-state index >= 15 is 0 Å². The third-order valence-corrected chi connectivity index (χ3v) is 5.64. The molecule has 0 saturated heterocycles. The topological polar surface area (TPSA) is 107 Å². The van der Waals surface area contributed by atoms with Crippen LogP contribution < -0.4 is 23.9 Å². The number of rotatable bonds is 9. The number of anilines is 1. The maximum atomic E-state index is 12.3. The second kappa shape index (κ2) is 10.3. The van der Waals surface area contributed by atoms with Crippen LogP contribution in [0.25, 0.3) is 0 Å². The van der Waals surface area contributed by atoms with Crippen LogP contribution in [0.4, 0.5) is 5.69 Å². The lowest BCUT2D eigenvalue weighted by Crippen LogP contribution is -2.39. The van der Waals surface area contributed by atoms with E-state index in [0.29, 0.717) is 33.0 Å². The molecule has 0 aliphatic heterocycles. The SMILES string of the molecule is COc1ccc(N(CC(=O)N/N=C\c2cc(Br)c(OC)c(OC)c2)S(C)(=O)=O)cc1. The molecule has 0 unspecified atom stereocenters. The molecule has 1 amide bonds. The second-order valence-electron chi connectivity index (χ2n) is 6.00. The van der Waals surface area contributed by atoms with Gasteiger partial charge in [0.1, 0.15) is 12.3 Å². The summed E-state index contributed by atoms with van der Waals surface area (Å²) in [5.74, 6) is 0.985. The van der Waals surface area contributed by atoms with Crippen LogP contribution in [0.1, 0.15) is 5.56 Å². The lowest BCUT2D eigenvalue weighted by atomic mass is 10.2. The van der Waals surface area contributed by atoms with Crippen LogP contribution in [0, 0.1) is 0 Å². The number of nitrogens with zero attached hydrogens (tertiary/aromatic N) is 2. The number of amides is 1. The van der Waals surface area contributed by atoms with Crippen molar-refractivity contribution >= 4 is 43.8 Å². The number of carbonyl (C=O) groups excluding carboxylic acids is 1. The first-order valence-electron chi connectivity index (χ1n) is 8.54. The second-order valence-corrected chi connectivity index (χ2v) is 8.76. The van der Waals surface area contributed by atoms with Gasteiger partial charge in [-0.2, -0.15) is 5.10 Å². The minimum absolute atomic E-state index is 0.334. The van der Waals surface area contributed by atoms with Crippen LogP contribution in [0.15, 0.2) is 46.0 Å². The van der Waals surface area contributed by atoms with Crippen molar-refractivity contribution in [3.05, 3.63) is 46.4 Å². The number of nitrogens with one attached hydrogen (secondary N) is 1. The maximum Gasteiger partial charge on any atom is 0.260 e. The first-order chi connectivity index (χ1) is 14.2. The summed E-state index contributed by atoms with van der Waals surface area (Å²) in [5, 5.41) is 3.89. The van der Waals surface area contributed by atoms with Gasteiger partial charge in [0.15, 0.2) is 11.5 Å².